The maximum atomic E-state index is 13.1. The van der Waals surface area contributed by atoms with Crippen LogP contribution >= 0.6 is 11.8 Å². The number of rotatable bonds is 3. The van der Waals surface area contributed by atoms with Crippen LogP contribution in [0.25, 0.3) is 0 Å². The molecule has 100 valence electrons. The molecule has 1 saturated heterocycles. The average molecular weight is 279 g/mol. The number of hydrogen-bond acceptors (Lipinski definition) is 4. The Balaban J connectivity index is 2.19. The van der Waals surface area contributed by atoms with Gasteiger partial charge in [0, 0.05) is 5.71 Å². The SMILES string of the molecule is CC(C)=N/N=C1\SCC(=O)N1Cc1cccc(F)c1. The number of amidine groups is 1. The van der Waals surface area contributed by atoms with Crippen LogP contribution in [0.1, 0.15) is 19.4 Å². The topological polar surface area (TPSA) is 45.0 Å². The highest BCUT2D eigenvalue weighted by Crippen LogP contribution is 2.22. The predicted molar refractivity (Wildman–Crippen MR) is 75.6 cm³/mol. The first-order chi connectivity index (χ1) is 9.06. The standard InChI is InChI=1S/C13H14FN3OS/c1-9(2)15-16-13-17(12(18)8-19-13)7-10-4-3-5-11(14)6-10/h3-6H,7-8H2,1-2H3/b16-13-. The molecule has 1 aromatic carbocycles. The van der Waals surface area contributed by atoms with Crippen LogP contribution in [0.2, 0.25) is 0 Å². The molecule has 19 heavy (non-hydrogen) atoms. The second-order valence-corrected chi connectivity index (χ2v) is 5.27. The van der Waals surface area contributed by atoms with Crippen molar-refractivity contribution in [3.63, 3.8) is 0 Å². The number of nitrogens with zero attached hydrogens (tertiary/aromatic N) is 3. The molecular formula is C13H14FN3OS. The molecule has 1 amide bonds. The van der Waals surface area contributed by atoms with Crippen LogP contribution in [0.3, 0.4) is 0 Å². The van der Waals surface area contributed by atoms with Crippen LogP contribution in [-0.4, -0.2) is 27.4 Å². The molecular weight excluding hydrogens is 265 g/mol. The van der Waals surface area contributed by atoms with Gasteiger partial charge in [-0.2, -0.15) is 5.10 Å². The lowest BCUT2D eigenvalue weighted by Crippen LogP contribution is -2.28. The van der Waals surface area contributed by atoms with E-state index in [0.717, 1.165) is 11.3 Å². The summed E-state index contributed by atoms with van der Waals surface area (Å²) >= 11 is 1.35. The van der Waals surface area contributed by atoms with Gasteiger partial charge in [-0.3, -0.25) is 9.69 Å². The molecule has 2 rings (SSSR count). The van der Waals surface area contributed by atoms with Crippen molar-refractivity contribution in [1.82, 2.24) is 4.90 Å². The van der Waals surface area contributed by atoms with Crippen molar-refractivity contribution >= 4 is 28.5 Å². The van der Waals surface area contributed by atoms with Crippen molar-refractivity contribution in [3.05, 3.63) is 35.6 Å². The Morgan fingerprint density at radius 1 is 1.47 bits per heavy atom. The Morgan fingerprint density at radius 2 is 2.26 bits per heavy atom. The normalized spacial score (nSPS) is 17.1. The number of hydrogen-bond donors (Lipinski definition) is 0. The molecule has 6 heteroatoms. The third kappa shape index (κ3) is 3.64. The minimum Gasteiger partial charge on any atom is -0.285 e. The van der Waals surface area contributed by atoms with Gasteiger partial charge in [0.15, 0.2) is 5.17 Å². The summed E-state index contributed by atoms with van der Waals surface area (Å²) in [5, 5.41) is 8.58. The fraction of sp³-hybridized carbons (Fsp3) is 0.308. The molecule has 4 nitrogen and oxygen atoms in total. The van der Waals surface area contributed by atoms with E-state index in [-0.39, 0.29) is 11.7 Å². The largest absolute Gasteiger partial charge is 0.285 e. The van der Waals surface area contributed by atoms with E-state index in [1.807, 2.05) is 13.8 Å². The van der Waals surface area contributed by atoms with Crippen molar-refractivity contribution in [2.75, 3.05) is 5.75 Å². The number of halogens is 1. The van der Waals surface area contributed by atoms with Crippen LogP contribution in [0.4, 0.5) is 4.39 Å². The van der Waals surface area contributed by atoms with Gasteiger partial charge in [0.2, 0.25) is 5.91 Å². The summed E-state index contributed by atoms with van der Waals surface area (Å²) < 4.78 is 13.1. The highest BCUT2D eigenvalue weighted by molar-refractivity contribution is 8.15. The van der Waals surface area contributed by atoms with Crippen molar-refractivity contribution in [2.24, 2.45) is 10.2 Å². The molecule has 0 aromatic heterocycles. The van der Waals surface area contributed by atoms with E-state index < -0.39 is 0 Å². The van der Waals surface area contributed by atoms with Crippen LogP contribution in [0.15, 0.2) is 34.5 Å². The summed E-state index contributed by atoms with van der Waals surface area (Å²) in [7, 11) is 0. The van der Waals surface area contributed by atoms with Gasteiger partial charge >= 0.3 is 0 Å². The van der Waals surface area contributed by atoms with Crippen molar-refractivity contribution in [3.8, 4) is 0 Å². The third-order valence-electron chi connectivity index (χ3n) is 2.42. The quantitative estimate of drug-likeness (QED) is 0.630. The number of thioether (sulfide) groups is 1. The molecule has 1 fully saturated rings. The Hall–Kier alpha value is -1.69. The summed E-state index contributed by atoms with van der Waals surface area (Å²) in [5.74, 6) is 0.0153. The Bertz CT molecular complexity index is 553. The monoisotopic (exact) mass is 279 g/mol. The molecule has 0 saturated carbocycles. The number of carbonyl (C=O) groups excluding carboxylic acids is 1. The van der Waals surface area contributed by atoms with E-state index in [2.05, 4.69) is 10.2 Å². The lowest BCUT2D eigenvalue weighted by atomic mass is 10.2. The summed E-state index contributed by atoms with van der Waals surface area (Å²) in [5.41, 5.74) is 1.55. The van der Waals surface area contributed by atoms with E-state index in [1.54, 1.807) is 12.1 Å². The average Bonchev–Trinajstić information content (AvgIpc) is 2.68. The molecule has 1 aliphatic rings. The van der Waals surface area contributed by atoms with Crippen LogP contribution in [0.5, 0.6) is 0 Å². The zero-order valence-electron chi connectivity index (χ0n) is 10.8. The van der Waals surface area contributed by atoms with Gasteiger partial charge in [0.1, 0.15) is 5.82 Å². The Morgan fingerprint density at radius 3 is 2.95 bits per heavy atom. The van der Waals surface area contributed by atoms with Gasteiger partial charge < -0.3 is 0 Å². The second-order valence-electron chi connectivity index (χ2n) is 4.33. The fourth-order valence-electron chi connectivity index (χ4n) is 1.59. The minimum absolute atomic E-state index is 0.0306. The van der Waals surface area contributed by atoms with Gasteiger partial charge in [0.25, 0.3) is 0 Å². The lowest BCUT2D eigenvalue weighted by Gasteiger charge is -2.15. The first-order valence-corrected chi connectivity index (χ1v) is 6.81. The van der Waals surface area contributed by atoms with Gasteiger partial charge in [-0.05, 0) is 31.5 Å². The number of amides is 1. The summed E-state index contributed by atoms with van der Waals surface area (Å²) in [6.45, 7) is 3.99. The number of carbonyl (C=O) groups is 1. The molecule has 0 spiro atoms. The van der Waals surface area contributed by atoms with E-state index in [1.165, 1.54) is 28.8 Å². The highest BCUT2D eigenvalue weighted by Gasteiger charge is 2.28. The van der Waals surface area contributed by atoms with E-state index in [0.29, 0.717) is 17.5 Å². The molecule has 0 N–H and O–H groups in total. The summed E-state index contributed by atoms with van der Waals surface area (Å²) in [4.78, 5) is 13.3. The maximum Gasteiger partial charge on any atom is 0.239 e. The van der Waals surface area contributed by atoms with E-state index in [4.69, 9.17) is 0 Å². The van der Waals surface area contributed by atoms with Crippen molar-refractivity contribution in [1.29, 1.82) is 0 Å². The first kappa shape index (κ1) is 13.7. The molecule has 1 aromatic rings. The zero-order chi connectivity index (χ0) is 13.8. The van der Waals surface area contributed by atoms with Gasteiger partial charge in [-0.1, -0.05) is 23.9 Å². The van der Waals surface area contributed by atoms with Gasteiger partial charge in [-0.15, -0.1) is 5.10 Å². The van der Waals surface area contributed by atoms with E-state index in [9.17, 15) is 9.18 Å². The molecule has 0 bridgehead atoms. The van der Waals surface area contributed by atoms with E-state index >= 15 is 0 Å². The second kappa shape index (κ2) is 5.97. The smallest absolute Gasteiger partial charge is 0.239 e. The third-order valence-corrected chi connectivity index (χ3v) is 3.37. The Labute approximate surface area is 115 Å². The molecule has 1 heterocycles. The predicted octanol–water partition coefficient (Wildman–Crippen LogP) is 2.65. The van der Waals surface area contributed by atoms with Crippen LogP contribution in [-0.2, 0) is 11.3 Å². The minimum atomic E-state index is -0.308. The zero-order valence-corrected chi connectivity index (χ0v) is 11.6. The van der Waals surface area contributed by atoms with Crippen LogP contribution < -0.4 is 0 Å². The molecule has 0 radical (unpaired) electrons. The molecule has 0 atom stereocenters. The first-order valence-electron chi connectivity index (χ1n) is 5.83. The molecule has 0 unspecified atom stereocenters. The highest BCUT2D eigenvalue weighted by atomic mass is 32.2. The summed E-state index contributed by atoms with van der Waals surface area (Å²) in [6.07, 6.45) is 0. The van der Waals surface area contributed by atoms with Crippen LogP contribution in [0, 0.1) is 5.82 Å². The lowest BCUT2D eigenvalue weighted by molar-refractivity contribution is -0.124. The van der Waals surface area contributed by atoms with Gasteiger partial charge in [-0.25, -0.2) is 4.39 Å². The molecule has 0 aliphatic carbocycles. The fourth-order valence-corrected chi connectivity index (χ4v) is 2.42. The number of benzene rings is 1. The maximum absolute atomic E-state index is 13.1. The van der Waals surface area contributed by atoms with Crippen molar-refractivity contribution in [2.45, 2.75) is 20.4 Å². The summed E-state index contributed by atoms with van der Waals surface area (Å²) in [6, 6.07) is 6.21. The van der Waals surface area contributed by atoms with Gasteiger partial charge in [0.05, 0.1) is 12.3 Å². The molecule has 1 aliphatic heterocycles. The Kier molecular flexibility index (Phi) is 4.31. The van der Waals surface area contributed by atoms with Crippen molar-refractivity contribution < 1.29 is 9.18 Å².